The zero-order valence-electron chi connectivity index (χ0n) is 17.5. The highest BCUT2D eigenvalue weighted by Crippen LogP contribution is 2.44. The van der Waals surface area contributed by atoms with Gasteiger partial charge in [-0.1, -0.05) is 55.0 Å². The van der Waals surface area contributed by atoms with Crippen LogP contribution < -0.4 is 10.6 Å². The highest BCUT2D eigenvalue weighted by molar-refractivity contribution is 5.82. The third-order valence-corrected chi connectivity index (χ3v) is 6.25. The number of ether oxygens (including phenoxy) is 1. The molecule has 0 radical (unpaired) electrons. The molecule has 2 aliphatic carbocycles. The van der Waals surface area contributed by atoms with E-state index in [2.05, 4.69) is 22.8 Å². The number of aliphatic carboxylic acids is 1. The molecule has 4 N–H and O–H groups in total. The smallest absolute Gasteiger partial charge is 0.407 e. The molecule has 0 aromatic heterocycles. The van der Waals surface area contributed by atoms with Crippen molar-refractivity contribution in [1.29, 1.82) is 0 Å². The minimum absolute atomic E-state index is 0.0478. The number of hydrogen-bond donors (Lipinski definition) is 4. The van der Waals surface area contributed by atoms with Crippen LogP contribution in [-0.4, -0.2) is 53.5 Å². The predicted molar refractivity (Wildman–Crippen MR) is 116 cm³/mol. The van der Waals surface area contributed by atoms with Gasteiger partial charge < -0.3 is 25.6 Å². The molecule has 0 aliphatic heterocycles. The van der Waals surface area contributed by atoms with E-state index in [4.69, 9.17) is 9.84 Å². The van der Waals surface area contributed by atoms with Crippen molar-refractivity contribution in [1.82, 2.24) is 10.6 Å². The second kappa shape index (κ2) is 9.40. The second-order valence-corrected chi connectivity index (χ2v) is 8.21. The van der Waals surface area contributed by atoms with Crippen LogP contribution in [0.5, 0.6) is 0 Å². The molecule has 2 aromatic carbocycles. The maximum Gasteiger partial charge on any atom is 0.407 e. The molecule has 1 fully saturated rings. The van der Waals surface area contributed by atoms with Crippen molar-refractivity contribution in [3.05, 3.63) is 59.7 Å². The van der Waals surface area contributed by atoms with Gasteiger partial charge in [0.05, 0.1) is 12.5 Å². The molecule has 3 atom stereocenters. The first-order valence-electron chi connectivity index (χ1n) is 10.8. The Bertz CT molecular complexity index is 978. The third kappa shape index (κ3) is 4.45. The SMILES string of the molecule is O=C(NC1CCCC1C(=O)NCC(O)C(=O)O)OCC1c2ccccc2-c2ccccc21. The normalized spacial score (nSPS) is 20.2. The minimum atomic E-state index is -1.66. The number of hydrogen-bond acceptors (Lipinski definition) is 5. The van der Waals surface area contributed by atoms with Crippen molar-refractivity contribution in [2.24, 2.45) is 5.92 Å². The molecule has 1 saturated carbocycles. The maximum atomic E-state index is 12.5. The van der Waals surface area contributed by atoms with Crippen LogP contribution in [-0.2, 0) is 14.3 Å². The zero-order valence-corrected chi connectivity index (χ0v) is 17.5. The van der Waals surface area contributed by atoms with Crippen LogP contribution in [0.4, 0.5) is 4.79 Å². The fraction of sp³-hybridized carbons (Fsp3) is 0.375. The van der Waals surface area contributed by atoms with Crippen molar-refractivity contribution >= 4 is 18.0 Å². The lowest BCUT2D eigenvalue weighted by molar-refractivity contribution is -0.146. The van der Waals surface area contributed by atoms with Gasteiger partial charge in [0.2, 0.25) is 5.91 Å². The average Bonchev–Trinajstić information content (AvgIpc) is 3.38. The third-order valence-electron chi connectivity index (χ3n) is 6.25. The van der Waals surface area contributed by atoms with E-state index < -0.39 is 30.1 Å². The first kappa shape index (κ1) is 21.8. The highest BCUT2D eigenvalue weighted by Gasteiger charge is 2.35. The number of alkyl carbamates (subject to hydrolysis) is 1. The van der Waals surface area contributed by atoms with Gasteiger partial charge in [-0.3, -0.25) is 4.79 Å². The van der Waals surface area contributed by atoms with Crippen LogP contribution in [0, 0.1) is 5.92 Å². The number of aliphatic hydroxyl groups is 1. The number of fused-ring (bicyclic) bond motifs is 3. The van der Waals surface area contributed by atoms with Crippen molar-refractivity contribution < 1.29 is 29.3 Å². The Hall–Kier alpha value is -3.39. The number of benzene rings is 2. The number of carboxylic acid groups (broad SMARTS) is 1. The molecule has 2 amide bonds. The maximum absolute atomic E-state index is 12.5. The topological polar surface area (TPSA) is 125 Å². The number of nitrogens with one attached hydrogen (secondary N) is 2. The average molecular weight is 438 g/mol. The van der Waals surface area contributed by atoms with Gasteiger partial charge >= 0.3 is 12.1 Å². The van der Waals surface area contributed by atoms with Crippen molar-refractivity contribution in [2.75, 3.05) is 13.2 Å². The quantitative estimate of drug-likeness (QED) is 0.526. The summed E-state index contributed by atoms with van der Waals surface area (Å²) in [5, 5.41) is 23.3. The van der Waals surface area contributed by atoms with Crippen LogP contribution in [0.25, 0.3) is 11.1 Å². The lowest BCUT2D eigenvalue weighted by Gasteiger charge is -2.21. The van der Waals surface area contributed by atoms with E-state index >= 15 is 0 Å². The Morgan fingerprint density at radius 1 is 1.00 bits per heavy atom. The van der Waals surface area contributed by atoms with Gasteiger partial charge in [-0.2, -0.15) is 0 Å². The number of rotatable bonds is 7. The van der Waals surface area contributed by atoms with Crippen molar-refractivity contribution in [3.8, 4) is 11.1 Å². The monoisotopic (exact) mass is 438 g/mol. The summed E-state index contributed by atoms with van der Waals surface area (Å²) in [5.41, 5.74) is 4.54. The zero-order chi connectivity index (χ0) is 22.7. The summed E-state index contributed by atoms with van der Waals surface area (Å²) in [6.07, 6.45) is -0.280. The number of amides is 2. The molecule has 32 heavy (non-hydrogen) atoms. The molecule has 8 heteroatoms. The summed E-state index contributed by atoms with van der Waals surface area (Å²) in [4.78, 5) is 35.6. The number of carboxylic acids is 1. The molecule has 2 aromatic rings. The molecule has 168 valence electrons. The molecule has 2 aliphatic rings. The van der Waals surface area contributed by atoms with Gasteiger partial charge in [0, 0.05) is 12.0 Å². The van der Waals surface area contributed by atoms with Gasteiger partial charge in [0.15, 0.2) is 6.10 Å². The lowest BCUT2D eigenvalue weighted by Crippen LogP contribution is -2.46. The predicted octanol–water partition coefficient (Wildman–Crippen LogP) is 2.26. The molecule has 0 bridgehead atoms. The number of carbonyl (C=O) groups excluding carboxylic acids is 2. The van der Waals surface area contributed by atoms with E-state index in [0.29, 0.717) is 12.8 Å². The summed E-state index contributed by atoms with van der Waals surface area (Å²) in [5.74, 6) is -2.32. The molecular weight excluding hydrogens is 412 g/mol. The molecular formula is C24H26N2O6. The lowest BCUT2D eigenvalue weighted by atomic mass is 9.98. The molecule has 0 saturated heterocycles. The Labute approximate surface area is 185 Å². The number of aliphatic hydroxyl groups excluding tert-OH is 1. The fourth-order valence-electron chi connectivity index (χ4n) is 4.65. The van der Waals surface area contributed by atoms with E-state index in [1.54, 1.807) is 0 Å². The summed E-state index contributed by atoms with van der Waals surface area (Å²) in [6, 6.07) is 15.8. The van der Waals surface area contributed by atoms with Crippen LogP contribution in [0.2, 0.25) is 0 Å². The van der Waals surface area contributed by atoms with Gasteiger partial charge in [0.25, 0.3) is 0 Å². The second-order valence-electron chi connectivity index (χ2n) is 8.21. The summed E-state index contributed by atoms with van der Waals surface area (Å²) in [7, 11) is 0. The Kier molecular flexibility index (Phi) is 6.41. The van der Waals surface area contributed by atoms with E-state index in [1.807, 2.05) is 36.4 Å². The standard InChI is InChI=1S/C24H26N2O6/c27-21(23(29)30)12-25-22(28)18-10-5-11-20(18)26-24(31)32-13-19-16-8-3-1-6-14(16)15-7-2-4-9-17(15)19/h1-4,6-9,18-21,27H,5,10-13H2,(H,25,28)(H,26,31)(H,29,30). The molecule has 3 unspecified atom stereocenters. The minimum Gasteiger partial charge on any atom is -0.479 e. The van der Waals surface area contributed by atoms with Crippen LogP contribution in [0.3, 0.4) is 0 Å². The summed E-state index contributed by atoms with van der Waals surface area (Å²) < 4.78 is 5.56. The first-order valence-corrected chi connectivity index (χ1v) is 10.8. The molecule has 8 nitrogen and oxygen atoms in total. The van der Waals surface area contributed by atoms with Gasteiger partial charge in [0.1, 0.15) is 6.61 Å². The van der Waals surface area contributed by atoms with E-state index in [-0.39, 0.29) is 25.0 Å². The van der Waals surface area contributed by atoms with Gasteiger partial charge in [-0.15, -0.1) is 0 Å². The fourth-order valence-corrected chi connectivity index (χ4v) is 4.65. The van der Waals surface area contributed by atoms with E-state index in [1.165, 1.54) is 0 Å². The number of carbonyl (C=O) groups is 3. The van der Waals surface area contributed by atoms with Crippen molar-refractivity contribution in [2.45, 2.75) is 37.3 Å². The Balaban J connectivity index is 1.34. The summed E-state index contributed by atoms with van der Waals surface area (Å²) >= 11 is 0. The van der Waals surface area contributed by atoms with Crippen LogP contribution >= 0.6 is 0 Å². The van der Waals surface area contributed by atoms with Crippen LogP contribution in [0.1, 0.15) is 36.3 Å². The first-order chi connectivity index (χ1) is 15.5. The Morgan fingerprint density at radius 3 is 2.25 bits per heavy atom. The van der Waals surface area contributed by atoms with E-state index in [9.17, 15) is 19.5 Å². The largest absolute Gasteiger partial charge is 0.479 e. The molecule has 4 rings (SSSR count). The molecule has 0 heterocycles. The van der Waals surface area contributed by atoms with Gasteiger partial charge in [-0.25, -0.2) is 9.59 Å². The van der Waals surface area contributed by atoms with Gasteiger partial charge in [-0.05, 0) is 35.1 Å². The Morgan fingerprint density at radius 2 is 1.62 bits per heavy atom. The van der Waals surface area contributed by atoms with E-state index in [0.717, 1.165) is 28.7 Å². The summed E-state index contributed by atoms with van der Waals surface area (Å²) in [6.45, 7) is -0.184. The molecule has 0 spiro atoms. The van der Waals surface area contributed by atoms with Crippen LogP contribution in [0.15, 0.2) is 48.5 Å². The van der Waals surface area contributed by atoms with Crippen molar-refractivity contribution in [3.63, 3.8) is 0 Å². The highest BCUT2D eigenvalue weighted by atomic mass is 16.5.